The number of anilines is 1. The van der Waals surface area contributed by atoms with Crippen LogP contribution in [0.4, 0.5) is 5.82 Å². The minimum absolute atomic E-state index is 0.0838. The van der Waals surface area contributed by atoms with Crippen LogP contribution in [-0.4, -0.2) is 65.0 Å². The summed E-state index contributed by atoms with van der Waals surface area (Å²) < 4.78 is 0. The lowest BCUT2D eigenvalue weighted by Gasteiger charge is -2.33. The van der Waals surface area contributed by atoms with E-state index in [1.54, 1.807) is 19.0 Å². The van der Waals surface area contributed by atoms with Gasteiger partial charge in [0.15, 0.2) is 5.15 Å². The van der Waals surface area contributed by atoms with E-state index in [2.05, 4.69) is 15.5 Å². The SMILES string of the molecule is Cc1cc(N[C@@H]2CCCN(C(=O)CC(=O)N(C)C)C2)nnc1Cl. The summed E-state index contributed by atoms with van der Waals surface area (Å²) in [7, 11) is 3.30. The van der Waals surface area contributed by atoms with Gasteiger partial charge in [0.1, 0.15) is 12.2 Å². The molecular formula is C15H22ClN5O2. The second-order valence-corrected chi connectivity index (χ2v) is 6.35. The number of rotatable bonds is 4. The summed E-state index contributed by atoms with van der Waals surface area (Å²) >= 11 is 5.87. The molecule has 7 nitrogen and oxygen atoms in total. The number of aryl methyl sites for hydroxylation is 1. The number of piperidine rings is 1. The van der Waals surface area contributed by atoms with Crippen LogP contribution < -0.4 is 5.32 Å². The number of hydrogen-bond donors (Lipinski definition) is 1. The highest BCUT2D eigenvalue weighted by Crippen LogP contribution is 2.18. The van der Waals surface area contributed by atoms with Crippen molar-refractivity contribution < 1.29 is 9.59 Å². The average Bonchev–Trinajstić information content (AvgIpc) is 2.51. The molecule has 0 saturated carbocycles. The molecule has 1 aromatic rings. The Labute approximate surface area is 141 Å². The normalized spacial score (nSPS) is 17.7. The molecule has 23 heavy (non-hydrogen) atoms. The molecule has 1 atom stereocenters. The fourth-order valence-corrected chi connectivity index (χ4v) is 2.56. The molecule has 1 aliphatic rings. The zero-order valence-electron chi connectivity index (χ0n) is 13.7. The molecule has 0 aromatic carbocycles. The van der Waals surface area contributed by atoms with Gasteiger partial charge in [-0.15, -0.1) is 10.2 Å². The molecule has 126 valence electrons. The van der Waals surface area contributed by atoms with Crippen molar-refractivity contribution >= 4 is 29.2 Å². The second-order valence-electron chi connectivity index (χ2n) is 5.99. The van der Waals surface area contributed by atoms with Gasteiger partial charge in [-0.1, -0.05) is 11.6 Å². The van der Waals surface area contributed by atoms with Gasteiger partial charge in [-0.25, -0.2) is 0 Å². The topological polar surface area (TPSA) is 78.4 Å². The molecule has 0 bridgehead atoms. The summed E-state index contributed by atoms with van der Waals surface area (Å²) in [5.41, 5.74) is 0.851. The highest BCUT2D eigenvalue weighted by molar-refractivity contribution is 6.30. The van der Waals surface area contributed by atoms with Gasteiger partial charge in [0, 0.05) is 33.2 Å². The first-order valence-electron chi connectivity index (χ1n) is 7.61. The predicted molar refractivity (Wildman–Crippen MR) is 88.3 cm³/mol. The van der Waals surface area contributed by atoms with Crippen LogP contribution in [-0.2, 0) is 9.59 Å². The fraction of sp³-hybridized carbons (Fsp3) is 0.600. The number of hydrogen-bond acceptors (Lipinski definition) is 5. The highest BCUT2D eigenvalue weighted by atomic mass is 35.5. The first kappa shape index (κ1) is 17.5. The van der Waals surface area contributed by atoms with Crippen molar-refractivity contribution in [2.24, 2.45) is 0 Å². The molecule has 1 aliphatic heterocycles. The van der Waals surface area contributed by atoms with Crippen LogP contribution >= 0.6 is 11.6 Å². The molecule has 1 N–H and O–H groups in total. The maximum absolute atomic E-state index is 12.2. The molecule has 2 rings (SSSR count). The Morgan fingerprint density at radius 3 is 2.83 bits per heavy atom. The van der Waals surface area contributed by atoms with Crippen LogP contribution in [0.3, 0.4) is 0 Å². The van der Waals surface area contributed by atoms with Gasteiger partial charge >= 0.3 is 0 Å². The van der Waals surface area contributed by atoms with Crippen LogP contribution in [0.1, 0.15) is 24.8 Å². The van der Waals surface area contributed by atoms with Crippen molar-refractivity contribution in [2.75, 3.05) is 32.5 Å². The Kier molecular flexibility index (Phi) is 5.76. The summed E-state index contributed by atoms with van der Waals surface area (Å²) in [6, 6.07) is 1.93. The predicted octanol–water partition coefficient (Wildman–Crippen LogP) is 1.32. The largest absolute Gasteiger partial charge is 0.364 e. The summed E-state index contributed by atoms with van der Waals surface area (Å²) in [6.07, 6.45) is 1.74. The molecule has 0 radical (unpaired) electrons. The smallest absolute Gasteiger partial charge is 0.232 e. The zero-order valence-corrected chi connectivity index (χ0v) is 14.4. The van der Waals surface area contributed by atoms with E-state index in [9.17, 15) is 9.59 Å². The Hall–Kier alpha value is -1.89. The number of carbonyl (C=O) groups is 2. The van der Waals surface area contributed by atoms with Gasteiger partial charge in [0.2, 0.25) is 11.8 Å². The molecule has 1 fully saturated rings. The van der Waals surface area contributed by atoms with E-state index in [4.69, 9.17) is 11.6 Å². The van der Waals surface area contributed by atoms with E-state index in [0.717, 1.165) is 18.4 Å². The quantitative estimate of drug-likeness (QED) is 0.837. The van der Waals surface area contributed by atoms with Crippen molar-refractivity contribution in [1.29, 1.82) is 0 Å². The summed E-state index contributed by atoms with van der Waals surface area (Å²) in [4.78, 5) is 27.1. The van der Waals surface area contributed by atoms with E-state index in [1.807, 2.05) is 13.0 Å². The maximum atomic E-state index is 12.2. The Morgan fingerprint density at radius 1 is 1.43 bits per heavy atom. The standard InChI is InChI=1S/C15H22ClN5O2/c1-10-7-12(18-19-15(10)16)17-11-5-4-6-21(9-11)14(23)8-13(22)20(2)3/h7,11H,4-6,8-9H2,1-3H3,(H,17,18)/t11-/m1/s1. The maximum Gasteiger partial charge on any atom is 0.232 e. The van der Waals surface area contributed by atoms with Crippen LogP contribution in [0.25, 0.3) is 0 Å². The minimum Gasteiger partial charge on any atom is -0.364 e. The number of likely N-dealkylation sites (tertiary alicyclic amines) is 1. The highest BCUT2D eigenvalue weighted by Gasteiger charge is 2.25. The minimum atomic E-state index is -0.177. The number of carbonyl (C=O) groups excluding carboxylic acids is 2. The third-order valence-corrected chi connectivity index (χ3v) is 4.23. The summed E-state index contributed by atoms with van der Waals surface area (Å²) in [5, 5.41) is 11.6. The van der Waals surface area contributed by atoms with E-state index < -0.39 is 0 Å². The van der Waals surface area contributed by atoms with Crippen molar-refractivity contribution in [3.05, 3.63) is 16.8 Å². The Bertz CT molecular complexity index is 593. The third-order valence-electron chi connectivity index (χ3n) is 3.85. The molecule has 1 saturated heterocycles. The number of halogens is 1. The van der Waals surface area contributed by atoms with Gasteiger partial charge in [-0.3, -0.25) is 9.59 Å². The lowest BCUT2D eigenvalue weighted by atomic mass is 10.1. The van der Waals surface area contributed by atoms with Crippen LogP contribution in [0.5, 0.6) is 0 Å². The number of aromatic nitrogens is 2. The lowest BCUT2D eigenvalue weighted by molar-refractivity contribution is -0.140. The summed E-state index contributed by atoms with van der Waals surface area (Å²) in [6.45, 7) is 3.11. The number of nitrogens with zero attached hydrogens (tertiary/aromatic N) is 4. The van der Waals surface area contributed by atoms with Crippen LogP contribution in [0, 0.1) is 6.92 Å². The van der Waals surface area contributed by atoms with Crippen molar-refractivity contribution in [3.63, 3.8) is 0 Å². The van der Waals surface area contributed by atoms with Gasteiger partial charge in [0.25, 0.3) is 0 Å². The molecule has 8 heteroatoms. The van der Waals surface area contributed by atoms with E-state index in [1.165, 1.54) is 4.90 Å². The monoisotopic (exact) mass is 339 g/mol. The van der Waals surface area contributed by atoms with Crippen LogP contribution in [0.2, 0.25) is 5.15 Å². The third kappa shape index (κ3) is 4.79. The second kappa shape index (κ2) is 7.59. The van der Waals surface area contributed by atoms with E-state index in [0.29, 0.717) is 24.1 Å². The molecule has 0 unspecified atom stereocenters. The molecule has 1 aromatic heterocycles. The Balaban J connectivity index is 1.93. The van der Waals surface area contributed by atoms with Gasteiger partial charge in [0.05, 0.1) is 0 Å². The molecular weight excluding hydrogens is 318 g/mol. The average molecular weight is 340 g/mol. The van der Waals surface area contributed by atoms with Crippen molar-refractivity contribution in [2.45, 2.75) is 32.2 Å². The molecule has 2 amide bonds. The molecule has 0 spiro atoms. The Morgan fingerprint density at radius 2 is 2.17 bits per heavy atom. The van der Waals surface area contributed by atoms with Crippen LogP contribution in [0.15, 0.2) is 6.07 Å². The molecule has 2 heterocycles. The van der Waals surface area contributed by atoms with Crippen molar-refractivity contribution in [3.8, 4) is 0 Å². The summed E-state index contributed by atoms with van der Waals surface area (Å²) in [5.74, 6) is 0.341. The van der Waals surface area contributed by atoms with Crippen molar-refractivity contribution in [1.82, 2.24) is 20.0 Å². The van der Waals surface area contributed by atoms with Gasteiger partial charge in [-0.05, 0) is 31.4 Å². The number of amides is 2. The first-order valence-corrected chi connectivity index (χ1v) is 7.99. The van der Waals surface area contributed by atoms with Gasteiger partial charge in [-0.2, -0.15) is 0 Å². The van der Waals surface area contributed by atoms with E-state index in [-0.39, 0.29) is 24.3 Å². The molecule has 0 aliphatic carbocycles. The number of nitrogens with one attached hydrogen (secondary N) is 1. The zero-order chi connectivity index (χ0) is 17.0. The first-order chi connectivity index (χ1) is 10.9. The van der Waals surface area contributed by atoms with E-state index >= 15 is 0 Å². The van der Waals surface area contributed by atoms with Gasteiger partial charge < -0.3 is 15.1 Å². The fourth-order valence-electron chi connectivity index (χ4n) is 2.47. The lowest BCUT2D eigenvalue weighted by Crippen LogP contribution is -2.46.